The molecule has 0 atom stereocenters. The minimum Gasteiger partial charge on any atom is -0.461 e. The van der Waals surface area contributed by atoms with Crippen LogP contribution in [0.3, 0.4) is 0 Å². The fourth-order valence-corrected chi connectivity index (χ4v) is 1.56. The predicted octanol–water partition coefficient (Wildman–Crippen LogP) is 4.11. The van der Waals surface area contributed by atoms with Crippen LogP contribution in [0.15, 0.2) is 59.4 Å². The molecular formula is C14H10F3NO2. The molecule has 20 heavy (non-hydrogen) atoms. The van der Waals surface area contributed by atoms with E-state index in [1.807, 2.05) is 0 Å². The third-order valence-corrected chi connectivity index (χ3v) is 2.47. The van der Waals surface area contributed by atoms with Crippen molar-refractivity contribution in [1.82, 2.24) is 0 Å². The third-order valence-electron chi connectivity index (χ3n) is 2.47. The van der Waals surface area contributed by atoms with E-state index in [9.17, 15) is 18.0 Å². The summed E-state index contributed by atoms with van der Waals surface area (Å²) in [6.45, 7) is 0. The summed E-state index contributed by atoms with van der Waals surface area (Å²) >= 11 is 0. The number of halogens is 3. The van der Waals surface area contributed by atoms with Crippen molar-refractivity contribution in [3.63, 3.8) is 0 Å². The van der Waals surface area contributed by atoms with Gasteiger partial charge >= 0.3 is 6.18 Å². The first kappa shape index (κ1) is 13.9. The van der Waals surface area contributed by atoms with Gasteiger partial charge in [-0.05, 0) is 24.3 Å². The molecule has 0 aliphatic carbocycles. The maximum Gasteiger partial charge on any atom is 0.418 e. The molecule has 0 aliphatic rings. The Morgan fingerprint density at radius 3 is 2.55 bits per heavy atom. The monoisotopic (exact) mass is 281 g/mol. The molecule has 0 saturated carbocycles. The molecule has 1 heterocycles. The summed E-state index contributed by atoms with van der Waals surface area (Å²) in [5.41, 5.74) is -0.918. The van der Waals surface area contributed by atoms with E-state index in [4.69, 9.17) is 4.42 Å². The molecule has 2 rings (SSSR count). The average Bonchev–Trinajstić information content (AvgIpc) is 2.92. The van der Waals surface area contributed by atoms with E-state index in [2.05, 4.69) is 5.32 Å². The Kier molecular flexibility index (Phi) is 3.93. The fraction of sp³-hybridized carbons (Fsp3) is 0.0714. The highest BCUT2D eigenvalue weighted by Crippen LogP contribution is 2.34. The molecule has 6 heteroatoms. The van der Waals surface area contributed by atoms with Crippen LogP contribution in [-0.2, 0) is 6.18 Å². The Bertz CT molecular complexity index is 616. The third kappa shape index (κ3) is 3.28. The number of allylic oxidation sites excluding steroid dienone is 1. The van der Waals surface area contributed by atoms with E-state index in [0.29, 0.717) is 0 Å². The van der Waals surface area contributed by atoms with E-state index < -0.39 is 17.5 Å². The zero-order valence-electron chi connectivity index (χ0n) is 10.1. The lowest BCUT2D eigenvalue weighted by Crippen LogP contribution is -2.08. The summed E-state index contributed by atoms with van der Waals surface area (Å²) in [7, 11) is 0. The molecule has 0 unspecified atom stereocenters. The van der Waals surface area contributed by atoms with Gasteiger partial charge in [-0.25, -0.2) is 0 Å². The largest absolute Gasteiger partial charge is 0.461 e. The van der Waals surface area contributed by atoms with Crippen molar-refractivity contribution in [2.24, 2.45) is 0 Å². The van der Waals surface area contributed by atoms with E-state index >= 15 is 0 Å². The highest BCUT2D eigenvalue weighted by molar-refractivity contribution is 6.02. The standard InChI is InChI=1S/C14H10F3NO2/c15-14(16,17)10-4-1-2-5-11(10)18-8-7-12(19)13-6-3-9-20-13/h1-9,18H. The van der Waals surface area contributed by atoms with Crippen LogP contribution in [0.1, 0.15) is 16.1 Å². The van der Waals surface area contributed by atoms with Crippen LogP contribution < -0.4 is 5.32 Å². The van der Waals surface area contributed by atoms with E-state index in [1.54, 1.807) is 6.07 Å². The normalized spacial score (nSPS) is 11.8. The molecule has 1 N–H and O–H groups in total. The van der Waals surface area contributed by atoms with Crippen LogP contribution >= 0.6 is 0 Å². The highest BCUT2D eigenvalue weighted by Gasteiger charge is 2.32. The van der Waals surface area contributed by atoms with Crippen molar-refractivity contribution in [2.75, 3.05) is 5.32 Å². The lowest BCUT2D eigenvalue weighted by atomic mass is 10.1. The number of benzene rings is 1. The molecule has 0 radical (unpaired) electrons. The first-order chi connectivity index (χ1) is 9.48. The van der Waals surface area contributed by atoms with Gasteiger partial charge in [0.05, 0.1) is 17.5 Å². The van der Waals surface area contributed by atoms with Crippen molar-refractivity contribution >= 4 is 11.5 Å². The Morgan fingerprint density at radius 2 is 1.90 bits per heavy atom. The number of alkyl halides is 3. The second-order valence-electron chi connectivity index (χ2n) is 3.86. The fourth-order valence-electron chi connectivity index (χ4n) is 1.56. The van der Waals surface area contributed by atoms with Gasteiger partial charge < -0.3 is 9.73 Å². The molecule has 1 aromatic heterocycles. The summed E-state index contributed by atoms with van der Waals surface area (Å²) in [5.74, 6) is -0.320. The Morgan fingerprint density at radius 1 is 1.15 bits per heavy atom. The number of hydrogen-bond donors (Lipinski definition) is 1. The Balaban J connectivity index is 2.10. The molecule has 0 spiro atoms. The first-order valence-electron chi connectivity index (χ1n) is 5.65. The quantitative estimate of drug-likeness (QED) is 0.677. The van der Waals surface area contributed by atoms with Crippen LogP contribution in [-0.4, -0.2) is 5.78 Å². The number of ketones is 1. The predicted molar refractivity (Wildman–Crippen MR) is 67.2 cm³/mol. The second kappa shape index (κ2) is 5.64. The van der Waals surface area contributed by atoms with Gasteiger partial charge in [-0.2, -0.15) is 13.2 Å². The van der Waals surface area contributed by atoms with Crippen molar-refractivity contribution in [1.29, 1.82) is 0 Å². The smallest absolute Gasteiger partial charge is 0.418 e. The molecule has 104 valence electrons. The zero-order chi connectivity index (χ0) is 14.6. The SMILES string of the molecule is O=C(C=CNc1ccccc1C(F)(F)F)c1ccco1. The number of rotatable bonds is 4. The Labute approximate surface area is 112 Å². The molecule has 0 bridgehead atoms. The molecule has 2 aromatic rings. The van der Waals surface area contributed by atoms with Gasteiger partial charge in [-0.1, -0.05) is 12.1 Å². The van der Waals surface area contributed by atoms with Gasteiger partial charge in [-0.3, -0.25) is 4.79 Å². The van der Waals surface area contributed by atoms with E-state index in [1.165, 1.54) is 30.5 Å². The van der Waals surface area contributed by atoms with Crippen molar-refractivity contribution in [2.45, 2.75) is 6.18 Å². The van der Waals surface area contributed by atoms with Crippen LogP contribution in [0.5, 0.6) is 0 Å². The lowest BCUT2D eigenvalue weighted by Gasteiger charge is -2.11. The molecule has 0 saturated heterocycles. The number of hydrogen-bond acceptors (Lipinski definition) is 3. The molecule has 0 aliphatic heterocycles. The first-order valence-corrected chi connectivity index (χ1v) is 5.65. The van der Waals surface area contributed by atoms with E-state index in [-0.39, 0.29) is 11.4 Å². The topological polar surface area (TPSA) is 42.2 Å². The van der Waals surface area contributed by atoms with Crippen molar-refractivity contribution < 1.29 is 22.4 Å². The maximum absolute atomic E-state index is 12.7. The highest BCUT2D eigenvalue weighted by atomic mass is 19.4. The van der Waals surface area contributed by atoms with Crippen LogP contribution in [0.25, 0.3) is 0 Å². The van der Waals surface area contributed by atoms with Gasteiger partial charge in [-0.15, -0.1) is 0 Å². The number of carbonyl (C=O) groups excluding carboxylic acids is 1. The van der Waals surface area contributed by atoms with E-state index in [0.717, 1.165) is 18.3 Å². The van der Waals surface area contributed by atoms with Crippen LogP contribution in [0.2, 0.25) is 0 Å². The summed E-state index contributed by atoms with van der Waals surface area (Å²) < 4.78 is 43.0. The number of carbonyl (C=O) groups is 1. The molecular weight excluding hydrogens is 271 g/mol. The summed E-state index contributed by atoms with van der Waals surface area (Å²) in [6, 6.07) is 8.03. The minimum absolute atomic E-state index is 0.118. The molecule has 3 nitrogen and oxygen atoms in total. The molecule has 1 aromatic carbocycles. The summed E-state index contributed by atoms with van der Waals surface area (Å²) in [5, 5.41) is 2.45. The minimum atomic E-state index is -4.46. The van der Waals surface area contributed by atoms with Crippen molar-refractivity contribution in [3.05, 3.63) is 66.3 Å². The number of nitrogens with one attached hydrogen (secondary N) is 1. The number of para-hydroxylation sites is 1. The van der Waals surface area contributed by atoms with Gasteiger partial charge in [0, 0.05) is 12.3 Å². The lowest BCUT2D eigenvalue weighted by molar-refractivity contribution is -0.136. The number of anilines is 1. The summed E-state index contributed by atoms with van der Waals surface area (Å²) in [4.78, 5) is 11.5. The van der Waals surface area contributed by atoms with Gasteiger partial charge in [0.2, 0.25) is 5.78 Å². The van der Waals surface area contributed by atoms with Gasteiger partial charge in [0.25, 0.3) is 0 Å². The summed E-state index contributed by atoms with van der Waals surface area (Å²) in [6.07, 6.45) is -0.864. The second-order valence-corrected chi connectivity index (χ2v) is 3.86. The van der Waals surface area contributed by atoms with Gasteiger partial charge in [0.15, 0.2) is 5.76 Å². The molecule has 0 amide bonds. The Hall–Kier alpha value is -2.50. The van der Waals surface area contributed by atoms with Crippen LogP contribution in [0.4, 0.5) is 18.9 Å². The number of furan rings is 1. The van der Waals surface area contributed by atoms with Gasteiger partial charge in [0.1, 0.15) is 0 Å². The maximum atomic E-state index is 12.7. The van der Waals surface area contributed by atoms with Crippen molar-refractivity contribution in [3.8, 4) is 0 Å². The molecule has 0 fully saturated rings. The average molecular weight is 281 g/mol. The zero-order valence-corrected chi connectivity index (χ0v) is 10.1. The van der Waals surface area contributed by atoms with Crippen LogP contribution in [0, 0.1) is 0 Å².